The Labute approximate surface area is 196 Å². The Morgan fingerprint density at radius 3 is 2.47 bits per heavy atom. The minimum atomic E-state index is -4.47. The highest BCUT2D eigenvalue weighted by atomic mass is 19.4. The quantitative estimate of drug-likeness (QED) is 0.412. The van der Waals surface area contributed by atoms with Crippen LogP contribution >= 0.6 is 0 Å². The largest absolute Gasteiger partial charge is 0.463 e. The van der Waals surface area contributed by atoms with Gasteiger partial charge in [-0.1, -0.05) is 26.0 Å². The summed E-state index contributed by atoms with van der Waals surface area (Å²) in [4.78, 5) is 4.29. The maximum Gasteiger partial charge on any atom is 0.416 e. The maximum atomic E-state index is 13.2. The Balaban J connectivity index is 1.78. The molecule has 3 rings (SSSR count). The molecule has 0 aliphatic heterocycles. The number of aromatic nitrogens is 3. The topological polar surface area (TPSA) is 81.4 Å². The van der Waals surface area contributed by atoms with Gasteiger partial charge in [0.2, 0.25) is 0 Å². The van der Waals surface area contributed by atoms with Crippen molar-refractivity contribution in [2.45, 2.75) is 33.1 Å². The number of alkyl halides is 3. The third-order valence-electron chi connectivity index (χ3n) is 4.72. The van der Waals surface area contributed by atoms with Crippen molar-refractivity contribution < 1.29 is 27.8 Å². The number of hydrogen-bond acceptors (Lipinski definition) is 6. The van der Waals surface area contributed by atoms with Gasteiger partial charge in [0, 0.05) is 24.4 Å². The summed E-state index contributed by atoms with van der Waals surface area (Å²) in [5.74, 6) is 0.626. The molecule has 3 aromatic rings. The zero-order valence-electron chi connectivity index (χ0n) is 19.3. The molecule has 0 saturated carbocycles. The van der Waals surface area contributed by atoms with E-state index in [4.69, 9.17) is 9.47 Å². The van der Waals surface area contributed by atoms with E-state index in [9.17, 15) is 18.3 Å². The minimum absolute atomic E-state index is 0.0710. The van der Waals surface area contributed by atoms with Crippen LogP contribution in [0.5, 0.6) is 6.01 Å². The van der Waals surface area contributed by atoms with Crippen LogP contribution in [0.15, 0.2) is 48.5 Å². The molecule has 0 aliphatic rings. The molecular formula is C24H29F3N4O3. The van der Waals surface area contributed by atoms with E-state index in [1.807, 2.05) is 13.8 Å². The highest BCUT2D eigenvalue weighted by Crippen LogP contribution is 2.33. The summed E-state index contributed by atoms with van der Waals surface area (Å²) in [5.41, 5.74) is 0.850. The molecule has 10 heteroatoms. The Hall–Kier alpha value is -3.11. The fourth-order valence-electron chi connectivity index (χ4n) is 3.14. The molecule has 1 heterocycles. The van der Waals surface area contributed by atoms with Crippen LogP contribution in [0.3, 0.4) is 0 Å². The molecule has 0 aliphatic carbocycles. The van der Waals surface area contributed by atoms with Crippen molar-refractivity contribution in [3.63, 3.8) is 0 Å². The monoisotopic (exact) mass is 478 g/mol. The van der Waals surface area contributed by atoms with E-state index in [1.165, 1.54) is 10.7 Å². The van der Waals surface area contributed by atoms with E-state index in [2.05, 4.69) is 15.4 Å². The van der Waals surface area contributed by atoms with Crippen LogP contribution in [-0.2, 0) is 10.9 Å². The molecule has 2 N–H and O–H groups in total. The van der Waals surface area contributed by atoms with Crippen molar-refractivity contribution in [3.8, 4) is 23.1 Å². The predicted molar refractivity (Wildman–Crippen MR) is 123 cm³/mol. The lowest BCUT2D eigenvalue weighted by Crippen LogP contribution is -2.25. The summed E-state index contributed by atoms with van der Waals surface area (Å²) in [6, 6.07) is 12.1. The van der Waals surface area contributed by atoms with Gasteiger partial charge in [-0.15, -0.1) is 5.10 Å². The average Bonchev–Trinajstić information content (AvgIpc) is 3.21. The number of rotatable bonds is 11. The first kappa shape index (κ1) is 25.5. The van der Waals surface area contributed by atoms with Crippen LogP contribution in [0, 0.1) is 5.92 Å². The molecule has 0 bridgehead atoms. The zero-order chi connectivity index (χ0) is 24.7. The van der Waals surface area contributed by atoms with Crippen molar-refractivity contribution in [2.75, 3.05) is 31.7 Å². The molecule has 0 radical (unpaired) electrons. The number of aliphatic hydroxyl groups is 1. The van der Waals surface area contributed by atoms with Gasteiger partial charge in [-0.25, -0.2) is 4.68 Å². The average molecular weight is 479 g/mol. The van der Waals surface area contributed by atoms with Gasteiger partial charge in [-0.2, -0.15) is 18.2 Å². The second kappa shape index (κ2) is 11.3. The van der Waals surface area contributed by atoms with Crippen LogP contribution in [0.25, 0.3) is 17.1 Å². The van der Waals surface area contributed by atoms with E-state index in [0.29, 0.717) is 31.4 Å². The molecule has 1 atom stereocenters. The predicted octanol–water partition coefficient (Wildman–Crippen LogP) is 4.80. The lowest BCUT2D eigenvalue weighted by Gasteiger charge is -2.14. The highest BCUT2D eigenvalue weighted by Gasteiger charge is 2.31. The summed E-state index contributed by atoms with van der Waals surface area (Å²) in [6.07, 6.45) is -5.13. The van der Waals surface area contributed by atoms with Gasteiger partial charge in [0.15, 0.2) is 5.82 Å². The van der Waals surface area contributed by atoms with E-state index < -0.39 is 17.8 Å². The highest BCUT2D eigenvalue weighted by molar-refractivity contribution is 5.60. The first-order valence-corrected chi connectivity index (χ1v) is 11.0. The summed E-state index contributed by atoms with van der Waals surface area (Å²) in [5, 5.41) is 17.5. The number of aliphatic hydroxyl groups excluding tert-OH is 1. The fourth-order valence-corrected chi connectivity index (χ4v) is 3.14. The summed E-state index contributed by atoms with van der Waals surface area (Å²) < 4.78 is 51.9. The molecule has 0 spiro atoms. The van der Waals surface area contributed by atoms with Gasteiger partial charge in [-0.3, -0.25) is 0 Å². The third kappa shape index (κ3) is 6.94. The Morgan fingerprint density at radius 1 is 1.09 bits per heavy atom. The van der Waals surface area contributed by atoms with Crippen LogP contribution in [0.1, 0.15) is 26.3 Å². The van der Waals surface area contributed by atoms with Crippen molar-refractivity contribution in [2.24, 2.45) is 5.92 Å². The molecule has 0 unspecified atom stereocenters. The molecule has 7 nitrogen and oxygen atoms in total. The number of ether oxygens (including phenoxy) is 2. The van der Waals surface area contributed by atoms with Gasteiger partial charge in [-0.05, 0) is 49.2 Å². The third-order valence-corrected chi connectivity index (χ3v) is 4.72. The van der Waals surface area contributed by atoms with Crippen molar-refractivity contribution in [1.82, 2.24) is 14.8 Å². The van der Waals surface area contributed by atoms with Gasteiger partial charge in [0.1, 0.15) is 0 Å². The first-order chi connectivity index (χ1) is 16.2. The molecule has 184 valence electrons. The smallest absolute Gasteiger partial charge is 0.416 e. The molecule has 0 amide bonds. The standard InChI is InChI=1S/C24H29F3N4O3/c1-4-34-23-29-22(17-6-5-7-18(12-17)24(25,26)27)31(30-23)20-10-8-19(9-11-20)28-13-21(32)15-33-14-16(2)3/h5-12,16,21,28,32H,4,13-15H2,1-3H3/t21-/m1/s1. The fraction of sp³-hybridized carbons (Fsp3) is 0.417. The van der Waals surface area contributed by atoms with Crippen LogP contribution in [-0.4, -0.2) is 52.3 Å². The molecule has 0 saturated heterocycles. The lowest BCUT2D eigenvalue weighted by molar-refractivity contribution is -0.137. The summed E-state index contributed by atoms with van der Waals surface area (Å²) in [6.45, 7) is 7.30. The number of nitrogens with zero attached hydrogens (tertiary/aromatic N) is 3. The first-order valence-electron chi connectivity index (χ1n) is 11.0. The number of benzene rings is 2. The van der Waals surface area contributed by atoms with Gasteiger partial charge < -0.3 is 19.9 Å². The summed E-state index contributed by atoms with van der Waals surface area (Å²) in [7, 11) is 0. The minimum Gasteiger partial charge on any atom is -0.463 e. The SMILES string of the molecule is CCOc1nc(-c2cccc(C(F)(F)F)c2)n(-c2ccc(NC[C@@H](O)COCC(C)C)cc2)n1. The van der Waals surface area contributed by atoms with E-state index >= 15 is 0 Å². The second-order valence-electron chi connectivity index (χ2n) is 8.15. The number of anilines is 1. The Kier molecular flexibility index (Phi) is 8.51. The van der Waals surface area contributed by atoms with Gasteiger partial charge in [0.25, 0.3) is 0 Å². The molecule has 0 fully saturated rings. The summed E-state index contributed by atoms with van der Waals surface area (Å²) >= 11 is 0. The van der Waals surface area contributed by atoms with Gasteiger partial charge in [0.05, 0.1) is 30.6 Å². The van der Waals surface area contributed by atoms with Crippen LogP contribution in [0.2, 0.25) is 0 Å². The molecule has 2 aromatic carbocycles. The molecule has 1 aromatic heterocycles. The molecule has 34 heavy (non-hydrogen) atoms. The van der Waals surface area contributed by atoms with Crippen LogP contribution in [0.4, 0.5) is 18.9 Å². The Morgan fingerprint density at radius 2 is 1.82 bits per heavy atom. The lowest BCUT2D eigenvalue weighted by atomic mass is 10.1. The number of halogens is 3. The Bertz CT molecular complexity index is 1050. The normalized spacial score (nSPS) is 12.7. The maximum absolute atomic E-state index is 13.2. The second-order valence-corrected chi connectivity index (χ2v) is 8.15. The van der Waals surface area contributed by atoms with Crippen LogP contribution < -0.4 is 10.1 Å². The van der Waals surface area contributed by atoms with E-state index in [1.54, 1.807) is 37.3 Å². The zero-order valence-corrected chi connectivity index (χ0v) is 19.3. The number of nitrogens with one attached hydrogen (secondary N) is 1. The van der Waals surface area contributed by atoms with Crippen molar-refractivity contribution in [3.05, 3.63) is 54.1 Å². The van der Waals surface area contributed by atoms with Gasteiger partial charge >= 0.3 is 12.2 Å². The van der Waals surface area contributed by atoms with E-state index in [0.717, 1.165) is 17.8 Å². The molecular weight excluding hydrogens is 449 g/mol. The van der Waals surface area contributed by atoms with Crippen molar-refractivity contribution in [1.29, 1.82) is 0 Å². The van der Waals surface area contributed by atoms with E-state index in [-0.39, 0.29) is 24.0 Å². The number of hydrogen-bond donors (Lipinski definition) is 2. The van der Waals surface area contributed by atoms with Crippen molar-refractivity contribution >= 4 is 5.69 Å².